The van der Waals surface area contributed by atoms with Crippen LogP contribution in [0.3, 0.4) is 0 Å². The quantitative estimate of drug-likeness (QED) is 0.652. The summed E-state index contributed by atoms with van der Waals surface area (Å²) >= 11 is 0. The Morgan fingerprint density at radius 3 is 2.43 bits per heavy atom. The molecule has 0 saturated heterocycles. The second kappa shape index (κ2) is 10.4. The van der Waals surface area contributed by atoms with Crippen LogP contribution in [-0.2, 0) is 11.3 Å². The lowest BCUT2D eigenvalue weighted by molar-refractivity contribution is 0.0657. The third-order valence-electron chi connectivity index (χ3n) is 3.17. The number of unbranched alkanes of at least 4 members (excludes halogenated alkanes) is 3. The van der Waals surface area contributed by atoms with Crippen LogP contribution in [0, 0.1) is 0 Å². The molecule has 0 aromatic heterocycles. The van der Waals surface area contributed by atoms with Gasteiger partial charge in [0.1, 0.15) is 0 Å². The number of carbonyl (C=O) groups excluding carboxylic acids is 1. The van der Waals surface area contributed by atoms with Crippen LogP contribution >= 0.6 is 0 Å². The third kappa shape index (κ3) is 7.83. The first-order chi connectivity index (χ1) is 10.1. The van der Waals surface area contributed by atoms with Gasteiger partial charge in [-0.25, -0.2) is 0 Å². The van der Waals surface area contributed by atoms with E-state index in [1.165, 1.54) is 0 Å². The molecular formula is C17H27NO3. The Balaban J connectivity index is 2.27. The van der Waals surface area contributed by atoms with E-state index < -0.39 is 0 Å². The molecule has 0 saturated carbocycles. The van der Waals surface area contributed by atoms with Crippen LogP contribution in [0.15, 0.2) is 24.3 Å². The maximum Gasteiger partial charge on any atom is 0.251 e. The standard InChI is InChI=1S/C17H27NO3/c1-14(2)21-13-15-7-9-16(10-8-15)17(20)18-11-5-3-4-6-12-19/h7-10,14,19H,3-6,11-13H2,1-2H3,(H,18,20). The van der Waals surface area contributed by atoms with E-state index in [4.69, 9.17) is 9.84 Å². The molecule has 0 heterocycles. The summed E-state index contributed by atoms with van der Waals surface area (Å²) < 4.78 is 5.52. The highest BCUT2D eigenvalue weighted by Crippen LogP contribution is 2.07. The predicted molar refractivity (Wildman–Crippen MR) is 84.3 cm³/mol. The molecule has 0 aliphatic rings. The fraction of sp³-hybridized carbons (Fsp3) is 0.588. The van der Waals surface area contributed by atoms with Crippen LogP contribution in [0.5, 0.6) is 0 Å². The van der Waals surface area contributed by atoms with Gasteiger partial charge in [0.05, 0.1) is 12.7 Å². The molecule has 1 aromatic rings. The molecule has 4 heteroatoms. The topological polar surface area (TPSA) is 58.6 Å². The number of ether oxygens (including phenoxy) is 1. The Labute approximate surface area is 127 Å². The van der Waals surface area contributed by atoms with Crippen molar-refractivity contribution < 1.29 is 14.6 Å². The van der Waals surface area contributed by atoms with E-state index in [1.54, 1.807) is 0 Å². The molecule has 1 aromatic carbocycles. The molecule has 0 spiro atoms. The maximum atomic E-state index is 11.9. The normalized spacial score (nSPS) is 10.9. The molecule has 1 rings (SSSR count). The summed E-state index contributed by atoms with van der Waals surface area (Å²) in [7, 11) is 0. The zero-order chi connectivity index (χ0) is 15.5. The Kier molecular flexibility index (Phi) is 8.71. The summed E-state index contributed by atoms with van der Waals surface area (Å²) in [6.45, 7) is 5.51. The maximum absolute atomic E-state index is 11.9. The molecule has 0 aliphatic heterocycles. The first-order valence-electron chi connectivity index (χ1n) is 7.73. The van der Waals surface area contributed by atoms with Gasteiger partial charge in [-0.3, -0.25) is 4.79 Å². The van der Waals surface area contributed by atoms with Crippen LogP contribution in [0.2, 0.25) is 0 Å². The van der Waals surface area contributed by atoms with Crippen molar-refractivity contribution in [3.05, 3.63) is 35.4 Å². The van der Waals surface area contributed by atoms with Crippen LogP contribution in [0.1, 0.15) is 55.5 Å². The van der Waals surface area contributed by atoms with Gasteiger partial charge in [0.2, 0.25) is 0 Å². The summed E-state index contributed by atoms with van der Waals surface area (Å²) in [5.41, 5.74) is 1.75. The van der Waals surface area contributed by atoms with Crippen LogP contribution in [0.25, 0.3) is 0 Å². The number of hydrogen-bond donors (Lipinski definition) is 2. The van der Waals surface area contributed by atoms with E-state index in [0.717, 1.165) is 31.2 Å². The van der Waals surface area contributed by atoms with Gasteiger partial charge in [-0.05, 0) is 44.4 Å². The zero-order valence-electron chi connectivity index (χ0n) is 13.1. The minimum absolute atomic E-state index is 0.0338. The highest BCUT2D eigenvalue weighted by molar-refractivity contribution is 5.94. The predicted octanol–water partition coefficient (Wildman–Crippen LogP) is 2.89. The lowest BCUT2D eigenvalue weighted by Crippen LogP contribution is -2.24. The van der Waals surface area contributed by atoms with E-state index in [1.807, 2.05) is 38.1 Å². The van der Waals surface area contributed by atoms with Gasteiger partial charge in [-0.15, -0.1) is 0 Å². The Bertz CT molecular complexity index is 401. The molecule has 118 valence electrons. The minimum atomic E-state index is -0.0338. The number of amides is 1. The number of aliphatic hydroxyl groups is 1. The lowest BCUT2D eigenvalue weighted by Gasteiger charge is -2.08. The molecule has 4 nitrogen and oxygen atoms in total. The monoisotopic (exact) mass is 293 g/mol. The number of benzene rings is 1. The largest absolute Gasteiger partial charge is 0.396 e. The molecule has 0 fully saturated rings. The van der Waals surface area contributed by atoms with Gasteiger partial charge in [0.25, 0.3) is 5.91 Å². The summed E-state index contributed by atoms with van der Waals surface area (Å²) in [6, 6.07) is 7.53. The van der Waals surface area contributed by atoms with E-state index in [-0.39, 0.29) is 18.6 Å². The smallest absolute Gasteiger partial charge is 0.251 e. The molecule has 0 radical (unpaired) electrons. The second-order valence-corrected chi connectivity index (χ2v) is 5.45. The summed E-state index contributed by atoms with van der Waals surface area (Å²) in [5.74, 6) is -0.0338. The zero-order valence-corrected chi connectivity index (χ0v) is 13.1. The first-order valence-corrected chi connectivity index (χ1v) is 7.73. The molecule has 21 heavy (non-hydrogen) atoms. The Hall–Kier alpha value is -1.39. The molecule has 0 aliphatic carbocycles. The van der Waals surface area contributed by atoms with Gasteiger partial charge < -0.3 is 15.2 Å². The van der Waals surface area contributed by atoms with Crippen molar-refractivity contribution in [2.24, 2.45) is 0 Å². The summed E-state index contributed by atoms with van der Waals surface area (Å²) in [4.78, 5) is 11.9. The van der Waals surface area contributed by atoms with Crippen molar-refractivity contribution in [2.45, 2.75) is 52.2 Å². The molecule has 0 unspecified atom stereocenters. The number of hydrogen-bond acceptors (Lipinski definition) is 3. The van der Waals surface area contributed by atoms with Crippen LogP contribution in [-0.4, -0.2) is 30.3 Å². The van der Waals surface area contributed by atoms with Gasteiger partial charge in [0, 0.05) is 18.7 Å². The van der Waals surface area contributed by atoms with Gasteiger partial charge >= 0.3 is 0 Å². The van der Waals surface area contributed by atoms with Gasteiger partial charge in [0.15, 0.2) is 0 Å². The van der Waals surface area contributed by atoms with Crippen LogP contribution in [0.4, 0.5) is 0 Å². The van der Waals surface area contributed by atoms with Crippen molar-refractivity contribution in [1.82, 2.24) is 5.32 Å². The summed E-state index contributed by atoms with van der Waals surface area (Å²) in [5, 5.41) is 11.6. The number of nitrogens with one attached hydrogen (secondary N) is 1. The van der Waals surface area contributed by atoms with Crippen LogP contribution < -0.4 is 5.32 Å². The van der Waals surface area contributed by atoms with Crippen molar-refractivity contribution in [3.63, 3.8) is 0 Å². The number of carbonyl (C=O) groups is 1. The van der Waals surface area contributed by atoms with E-state index in [9.17, 15) is 4.79 Å². The molecule has 0 bridgehead atoms. The highest BCUT2D eigenvalue weighted by Gasteiger charge is 2.05. The van der Waals surface area contributed by atoms with E-state index >= 15 is 0 Å². The van der Waals surface area contributed by atoms with E-state index in [2.05, 4.69) is 5.32 Å². The molecule has 1 amide bonds. The first kappa shape index (κ1) is 17.7. The van der Waals surface area contributed by atoms with Gasteiger partial charge in [-0.2, -0.15) is 0 Å². The van der Waals surface area contributed by atoms with Gasteiger partial charge in [-0.1, -0.05) is 25.0 Å². The van der Waals surface area contributed by atoms with Crippen molar-refractivity contribution >= 4 is 5.91 Å². The molecular weight excluding hydrogens is 266 g/mol. The average Bonchev–Trinajstić information content (AvgIpc) is 2.49. The molecule has 0 atom stereocenters. The fourth-order valence-corrected chi connectivity index (χ4v) is 1.91. The molecule has 2 N–H and O–H groups in total. The minimum Gasteiger partial charge on any atom is -0.396 e. The Morgan fingerprint density at radius 2 is 1.81 bits per heavy atom. The SMILES string of the molecule is CC(C)OCc1ccc(C(=O)NCCCCCCO)cc1. The third-order valence-corrected chi connectivity index (χ3v) is 3.17. The summed E-state index contributed by atoms with van der Waals surface area (Å²) in [6.07, 6.45) is 4.04. The van der Waals surface area contributed by atoms with E-state index in [0.29, 0.717) is 18.7 Å². The lowest BCUT2D eigenvalue weighted by atomic mass is 10.1. The Morgan fingerprint density at radius 1 is 1.14 bits per heavy atom. The number of rotatable bonds is 10. The van der Waals surface area contributed by atoms with Crippen molar-refractivity contribution in [3.8, 4) is 0 Å². The average molecular weight is 293 g/mol. The van der Waals surface area contributed by atoms with Crippen molar-refractivity contribution in [1.29, 1.82) is 0 Å². The highest BCUT2D eigenvalue weighted by atomic mass is 16.5. The second-order valence-electron chi connectivity index (χ2n) is 5.45. The number of aliphatic hydroxyl groups excluding tert-OH is 1. The fourth-order valence-electron chi connectivity index (χ4n) is 1.91. The van der Waals surface area contributed by atoms with Crippen molar-refractivity contribution in [2.75, 3.05) is 13.2 Å².